The average Bonchev–Trinajstić information content (AvgIpc) is 3.74. The van der Waals surface area contributed by atoms with E-state index < -0.39 is 0 Å². The van der Waals surface area contributed by atoms with Gasteiger partial charge in [-0.2, -0.15) is 0 Å². The van der Waals surface area contributed by atoms with Crippen molar-refractivity contribution in [3.8, 4) is 50.3 Å². The number of fused-ring (bicyclic) bond motifs is 7. The molecule has 2 unspecified atom stereocenters. The number of ether oxygens (including phenoxy) is 1. The largest absolute Gasteiger partial charge is 0.457 e. The van der Waals surface area contributed by atoms with Gasteiger partial charge in [0.1, 0.15) is 17.7 Å². The summed E-state index contributed by atoms with van der Waals surface area (Å²) in [6.07, 6.45) is -0.0650. The Morgan fingerprint density at radius 2 is 1.16 bits per heavy atom. The lowest BCUT2D eigenvalue weighted by atomic mass is 9.80. The van der Waals surface area contributed by atoms with E-state index in [0.29, 0.717) is 0 Å². The molecule has 2 heterocycles. The van der Waals surface area contributed by atoms with Gasteiger partial charge in [-0.15, -0.1) is 0 Å². The topological polar surface area (TPSA) is 24.5 Å². The number of para-hydroxylation sites is 1. The minimum atomic E-state index is -0.156. The molecule has 0 amide bonds. The fourth-order valence-corrected chi connectivity index (χ4v) is 9.71. The van der Waals surface area contributed by atoms with Crippen LogP contribution in [0.4, 0.5) is 0 Å². The molecule has 0 fully saturated rings. The third-order valence-electron chi connectivity index (χ3n) is 12.5. The maximum atomic E-state index is 6.56. The van der Waals surface area contributed by atoms with Crippen molar-refractivity contribution in [3.05, 3.63) is 216 Å². The first-order valence-corrected chi connectivity index (χ1v) is 20.0. The van der Waals surface area contributed by atoms with Gasteiger partial charge in [-0.05, 0) is 102 Å². The lowest BCUT2D eigenvalue weighted by molar-refractivity contribution is 0.230. The molecule has 3 aliphatic rings. The number of hydrogen-bond donors (Lipinski definition) is 1. The van der Waals surface area contributed by atoms with E-state index in [2.05, 4.69) is 207 Å². The van der Waals surface area contributed by atoms with Crippen molar-refractivity contribution in [1.82, 2.24) is 10.2 Å². The maximum Gasteiger partial charge on any atom is 0.150 e. The molecule has 0 saturated carbocycles. The molecular weight excluding hydrogens is 693 g/mol. The molecule has 57 heavy (non-hydrogen) atoms. The highest BCUT2D eigenvalue weighted by Crippen LogP contribution is 2.55. The van der Waals surface area contributed by atoms with E-state index in [1.54, 1.807) is 0 Å². The molecule has 8 aromatic carbocycles. The van der Waals surface area contributed by atoms with Gasteiger partial charge in [0.15, 0.2) is 0 Å². The lowest BCUT2D eigenvalue weighted by Gasteiger charge is -2.40. The molecule has 3 heteroatoms. The number of nitrogens with zero attached hydrogens (tertiary/aromatic N) is 1. The second-order valence-electron chi connectivity index (χ2n) is 16.2. The van der Waals surface area contributed by atoms with E-state index in [0.717, 1.165) is 22.8 Å². The van der Waals surface area contributed by atoms with E-state index in [1.807, 2.05) is 6.07 Å². The van der Waals surface area contributed by atoms with Crippen LogP contribution in [-0.2, 0) is 5.41 Å². The molecule has 3 nitrogen and oxygen atoms in total. The summed E-state index contributed by atoms with van der Waals surface area (Å²) in [6, 6.07) is 66.4. The van der Waals surface area contributed by atoms with Crippen LogP contribution in [0.5, 0.6) is 5.75 Å². The van der Waals surface area contributed by atoms with E-state index in [-0.39, 0.29) is 17.6 Å². The zero-order chi connectivity index (χ0) is 38.3. The number of hydrogen-bond acceptors (Lipinski definition) is 3. The van der Waals surface area contributed by atoms with Crippen molar-refractivity contribution < 1.29 is 4.74 Å². The van der Waals surface area contributed by atoms with Crippen LogP contribution in [0.25, 0.3) is 61.0 Å². The third kappa shape index (κ3) is 5.30. The monoisotopic (exact) mass is 734 g/mol. The summed E-state index contributed by atoms with van der Waals surface area (Å²) in [5.74, 6) is 1.87. The summed E-state index contributed by atoms with van der Waals surface area (Å²) in [7, 11) is 2.17. The van der Waals surface area contributed by atoms with Crippen LogP contribution < -0.4 is 10.1 Å². The van der Waals surface area contributed by atoms with Gasteiger partial charge in [0.05, 0.1) is 11.7 Å². The van der Waals surface area contributed by atoms with E-state index in [1.165, 1.54) is 77.5 Å². The Bertz CT molecular complexity index is 2910. The summed E-state index contributed by atoms with van der Waals surface area (Å²) in [5, 5.41) is 6.55. The maximum absolute atomic E-state index is 6.56. The van der Waals surface area contributed by atoms with Gasteiger partial charge >= 0.3 is 0 Å². The molecule has 0 spiro atoms. The van der Waals surface area contributed by atoms with E-state index >= 15 is 0 Å². The highest BCUT2D eigenvalue weighted by Gasteiger charge is 2.41. The Labute approximate surface area is 334 Å². The first-order chi connectivity index (χ1) is 27.9. The summed E-state index contributed by atoms with van der Waals surface area (Å²) in [5.41, 5.74) is 17.4. The Kier molecular flexibility index (Phi) is 7.64. The van der Waals surface area contributed by atoms with Crippen molar-refractivity contribution in [2.45, 2.75) is 31.5 Å². The summed E-state index contributed by atoms with van der Waals surface area (Å²) in [6.45, 7) is 4.78. The van der Waals surface area contributed by atoms with Gasteiger partial charge < -0.3 is 9.64 Å². The fourth-order valence-electron chi connectivity index (χ4n) is 9.71. The highest BCUT2D eigenvalue weighted by atomic mass is 16.5. The van der Waals surface area contributed by atoms with E-state index in [9.17, 15) is 0 Å². The minimum absolute atomic E-state index is 0.0399. The van der Waals surface area contributed by atoms with Crippen molar-refractivity contribution in [2.75, 3.05) is 7.05 Å². The van der Waals surface area contributed by atoms with Crippen LogP contribution in [0.3, 0.4) is 0 Å². The molecule has 11 rings (SSSR count). The second-order valence-corrected chi connectivity index (χ2v) is 16.2. The third-order valence-corrected chi connectivity index (χ3v) is 12.5. The zero-order valence-corrected chi connectivity index (χ0v) is 32.3. The normalized spacial score (nSPS) is 17.5. The molecule has 0 saturated heterocycles. The van der Waals surface area contributed by atoms with Crippen LogP contribution in [-0.4, -0.2) is 11.9 Å². The standard InChI is InChI=1S/C54H42N2O/c1-54(2)45-32-39(28-29-43(45)49-46(54)33-40-20-10-11-25-42(40)48(49)34-16-6-4-7-17-34)37-22-14-21-36(30-37)38-23-15-24-41(31-38)53-55-50-44-26-12-13-27-47(44)57-52(50)51(56(53)3)35-18-8-5-9-19-35/h4-33,50,53,55H,1-3H3. The zero-order valence-electron chi connectivity index (χ0n) is 32.3. The first-order valence-electron chi connectivity index (χ1n) is 20.0. The van der Waals surface area contributed by atoms with Crippen molar-refractivity contribution >= 4 is 16.5 Å². The lowest BCUT2D eigenvalue weighted by Crippen LogP contribution is -2.42. The van der Waals surface area contributed by atoms with Crippen LogP contribution in [0.2, 0.25) is 0 Å². The Morgan fingerprint density at radius 3 is 1.95 bits per heavy atom. The number of benzene rings is 8. The summed E-state index contributed by atoms with van der Waals surface area (Å²) >= 11 is 0. The minimum Gasteiger partial charge on any atom is -0.457 e. The molecule has 2 atom stereocenters. The smallest absolute Gasteiger partial charge is 0.150 e. The van der Waals surface area contributed by atoms with Crippen LogP contribution in [0.1, 0.15) is 53.9 Å². The average molecular weight is 735 g/mol. The van der Waals surface area contributed by atoms with Crippen molar-refractivity contribution in [1.29, 1.82) is 0 Å². The molecule has 0 radical (unpaired) electrons. The van der Waals surface area contributed by atoms with Gasteiger partial charge in [0, 0.05) is 23.6 Å². The molecule has 274 valence electrons. The van der Waals surface area contributed by atoms with Crippen LogP contribution in [0, 0.1) is 0 Å². The van der Waals surface area contributed by atoms with Crippen molar-refractivity contribution in [3.63, 3.8) is 0 Å². The molecule has 1 aliphatic carbocycles. The predicted molar refractivity (Wildman–Crippen MR) is 235 cm³/mol. The van der Waals surface area contributed by atoms with E-state index in [4.69, 9.17) is 4.74 Å². The molecule has 0 aromatic heterocycles. The quantitative estimate of drug-likeness (QED) is 0.191. The Hall–Kier alpha value is -6.68. The van der Waals surface area contributed by atoms with Crippen molar-refractivity contribution in [2.24, 2.45) is 0 Å². The van der Waals surface area contributed by atoms with Gasteiger partial charge in [-0.25, -0.2) is 0 Å². The van der Waals surface area contributed by atoms with Gasteiger partial charge in [-0.3, -0.25) is 5.32 Å². The Balaban J connectivity index is 0.968. The van der Waals surface area contributed by atoms with Crippen LogP contribution >= 0.6 is 0 Å². The molecule has 8 aromatic rings. The van der Waals surface area contributed by atoms with Gasteiger partial charge in [0.25, 0.3) is 0 Å². The SMILES string of the molecule is CN1C(c2ccccc2)=C2Oc3ccccc3C2NC1c1cccc(-c2cccc(-c3ccc4c(c3)C(C)(C)c3cc5ccccc5c(-c5ccccc5)c3-4)c2)c1. The summed E-state index contributed by atoms with van der Waals surface area (Å²) < 4.78 is 6.56. The highest BCUT2D eigenvalue weighted by molar-refractivity contribution is 6.08. The molecule has 2 aliphatic heterocycles. The second kappa shape index (κ2) is 12.9. The van der Waals surface area contributed by atoms with Gasteiger partial charge in [0.2, 0.25) is 0 Å². The number of nitrogens with one attached hydrogen (secondary N) is 1. The first kappa shape index (κ1) is 33.6. The van der Waals surface area contributed by atoms with Gasteiger partial charge in [-0.1, -0.05) is 166 Å². The number of rotatable bonds is 5. The fraction of sp³-hybridized carbons (Fsp3) is 0.111. The molecule has 1 N–H and O–H groups in total. The molecular formula is C54H42N2O. The van der Waals surface area contributed by atoms with Crippen LogP contribution in [0.15, 0.2) is 188 Å². The Morgan fingerprint density at radius 1 is 0.526 bits per heavy atom. The predicted octanol–water partition coefficient (Wildman–Crippen LogP) is 13.2. The summed E-state index contributed by atoms with van der Waals surface area (Å²) in [4.78, 5) is 2.33. The molecule has 0 bridgehead atoms.